The Kier molecular flexibility index (Phi) is 3.92. The van der Waals surface area contributed by atoms with Crippen LogP contribution < -0.4 is 0 Å². The number of H-pyrrole nitrogens is 1. The first-order valence-corrected chi connectivity index (χ1v) is 5.76. The summed E-state index contributed by atoms with van der Waals surface area (Å²) in [6.07, 6.45) is -3.64. The molecule has 0 aliphatic rings. The van der Waals surface area contributed by atoms with Crippen molar-refractivity contribution in [3.8, 4) is 0 Å². The zero-order chi connectivity index (χ0) is 15.6. The van der Waals surface area contributed by atoms with Gasteiger partial charge in [-0.05, 0) is 12.1 Å². The van der Waals surface area contributed by atoms with Gasteiger partial charge in [-0.15, -0.1) is 0 Å². The molecule has 0 bridgehead atoms. The molecule has 9 heteroatoms. The SMILES string of the molecule is CN(Cc1ncn[nH]1)C(=O)c1cccc(C(F)(F)F)c1F. The second kappa shape index (κ2) is 5.51. The Morgan fingerprint density at radius 2 is 2.10 bits per heavy atom. The molecule has 1 N–H and O–H groups in total. The smallest absolute Gasteiger partial charge is 0.334 e. The van der Waals surface area contributed by atoms with Crippen molar-refractivity contribution < 1.29 is 22.4 Å². The Morgan fingerprint density at radius 1 is 1.38 bits per heavy atom. The molecule has 0 radical (unpaired) electrons. The van der Waals surface area contributed by atoms with Crippen LogP contribution in [0.25, 0.3) is 0 Å². The molecule has 0 saturated carbocycles. The van der Waals surface area contributed by atoms with Gasteiger partial charge in [-0.25, -0.2) is 9.37 Å². The first-order chi connectivity index (χ1) is 9.80. The minimum atomic E-state index is -4.86. The second-order valence-corrected chi connectivity index (χ2v) is 4.26. The van der Waals surface area contributed by atoms with Gasteiger partial charge in [0.25, 0.3) is 5.91 Å². The number of nitrogens with zero attached hydrogens (tertiary/aromatic N) is 3. The van der Waals surface area contributed by atoms with Crippen LogP contribution in [0.1, 0.15) is 21.7 Å². The molecule has 2 rings (SSSR count). The van der Waals surface area contributed by atoms with Gasteiger partial charge < -0.3 is 4.90 Å². The predicted molar refractivity (Wildman–Crippen MR) is 63.6 cm³/mol. The monoisotopic (exact) mass is 302 g/mol. The molecule has 21 heavy (non-hydrogen) atoms. The minimum Gasteiger partial charge on any atom is -0.334 e. The summed E-state index contributed by atoms with van der Waals surface area (Å²) in [4.78, 5) is 16.8. The van der Waals surface area contributed by atoms with E-state index in [-0.39, 0.29) is 6.54 Å². The average molecular weight is 302 g/mol. The first kappa shape index (κ1) is 14.9. The molecule has 1 amide bonds. The van der Waals surface area contributed by atoms with Gasteiger partial charge in [0.05, 0.1) is 17.7 Å². The Hall–Kier alpha value is -2.45. The molecule has 5 nitrogen and oxygen atoms in total. The highest BCUT2D eigenvalue weighted by molar-refractivity contribution is 5.94. The fourth-order valence-corrected chi connectivity index (χ4v) is 1.73. The maximum Gasteiger partial charge on any atom is 0.419 e. The van der Waals surface area contributed by atoms with Gasteiger partial charge in [0, 0.05) is 7.05 Å². The van der Waals surface area contributed by atoms with E-state index in [0.717, 1.165) is 17.0 Å². The van der Waals surface area contributed by atoms with E-state index in [1.54, 1.807) is 0 Å². The Morgan fingerprint density at radius 3 is 2.67 bits per heavy atom. The molecule has 0 aliphatic heterocycles. The highest BCUT2D eigenvalue weighted by atomic mass is 19.4. The van der Waals surface area contributed by atoms with Crippen LogP contribution in [0.3, 0.4) is 0 Å². The number of rotatable bonds is 3. The summed E-state index contributed by atoms with van der Waals surface area (Å²) >= 11 is 0. The largest absolute Gasteiger partial charge is 0.419 e. The molecule has 1 aromatic carbocycles. The van der Waals surface area contributed by atoms with Crippen molar-refractivity contribution in [2.45, 2.75) is 12.7 Å². The lowest BCUT2D eigenvalue weighted by Crippen LogP contribution is -2.28. The molecule has 112 valence electrons. The number of halogens is 4. The average Bonchev–Trinajstić information content (AvgIpc) is 2.89. The van der Waals surface area contributed by atoms with Gasteiger partial charge in [-0.1, -0.05) is 6.07 Å². The molecule has 0 saturated heterocycles. The van der Waals surface area contributed by atoms with Crippen molar-refractivity contribution in [3.63, 3.8) is 0 Å². The fourth-order valence-electron chi connectivity index (χ4n) is 1.73. The number of benzene rings is 1. The molecule has 1 aromatic heterocycles. The van der Waals surface area contributed by atoms with Crippen LogP contribution in [0.2, 0.25) is 0 Å². The van der Waals surface area contributed by atoms with Crippen LogP contribution >= 0.6 is 0 Å². The van der Waals surface area contributed by atoms with E-state index < -0.39 is 29.0 Å². The van der Waals surface area contributed by atoms with Gasteiger partial charge in [0.15, 0.2) is 0 Å². The highest BCUT2D eigenvalue weighted by Gasteiger charge is 2.36. The molecule has 0 atom stereocenters. The van der Waals surface area contributed by atoms with E-state index in [1.165, 1.54) is 13.4 Å². The lowest BCUT2D eigenvalue weighted by molar-refractivity contribution is -0.140. The number of amides is 1. The quantitative estimate of drug-likeness (QED) is 0.884. The van der Waals surface area contributed by atoms with E-state index in [4.69, 9.17) is 0 Å². The van der Waals surface area contributed by atoms with E-state index in [2.05, 4.69) is 15.2 Å². The number of aromatic nitrogens is 3. The summed E-state index contributed by atoms with van der Waals surface area (Å²) in [5, 5.41) is 6.07. The maximum atomic E-state index is 13.9. The van der Waals surface area contributed by atoms with Crippen molar-refractivity contribution in [1.82, 2.24) is 20.1 Å². The van der Waals surface area contributed by atoms with E-state index >= 15 is 0 Å². The molecular formula is C12H10F4N4O. The molecular weight excluding hydrogens is 292 g/mol. The molecule has 0 unspecified atom stereocenters. The lowest BCUT2D eigenvalue weighted by Gasteiger charge is -2.17. The van der Waals surface area contributed by atoms with Crippen LogP contribution in [-0.2, 0) is 12.7 Å². The van der Waals surface area contributed by atoms with Gasteiger partial charge in [-0.2, -0.15) is 18.3 Å². The van der Waals surface area contributed by atoms with E-state index in [9.17, 15) is 22.4 Å². The molecule has 0 spiro atoms. The van der Waals surface area contributed by atoms with Gasteiger partial charge in [0.1, 0.15) is 18.0 Å². The summed E-state index contributed by atoms with van der Waals surface area (Å²) in [7, 11) is 1.32. The maximum absolute atomic E-state index is 13.9. The molecule has 0 aliphatic carbocycles. The van der Waals surface area contributed by atoms with E-state index in [0.29, 0.717) is 11.9 Å². The van der Waals surface area contributed by atoms with Gasteiger partial charge >= 0.3 is 6.18 Å². The van der Waals surface area contributed by atoms with E-state index in [1.807, 2.05) is 0 Å². The van der Waals surface area contributed by atoms with Crippen LogP contribution in [0.5, 0.6) is 0 Å². The van der Waals surface area contributed by atoms with Crippen molar-refractivity contribution >= 4 is 5.91 Å². The third-order valence-corrected chi connectivity index (χ3v) is 2.73. The topological polar surface area (TPSA) is 61.9 Å². The Labute approximate surface area is 116 Å². The standard InChI is InChI=1S/C12H10F4N4O/c1-20(5-9-17-6-18-19-9)11(21)7-3-2-4-8(10(7)13)12(14,15)16/h2-4,6H,5H2,1H3,(H,17,18,19). The number of hydrogen-bond acceptors (Lipinski definition) is 3. The Bertz CT molecular complexity index is 639. The summed E-state index contributed by atoms with van der Waals surface area (Å²) in [5.41, 5.74) is -2.12. The number of carbonyl (C=O) groups excluding carboxylic acids is 1. The summed E-state index contributed by atoms with van der Waals surface area (Å²) in [6.45, 7) is -0.0332. The number of nitrogens with one attached hydrogen (secondary N) is 1. The van der Waals surface area contributed by atoms with Crippen LogP contribution in [-0.4, -0.2) is 33.0 Å². The number of hydrogen-bond donors (Lipinski definition) is 1. The molecule has 2 aromatic rings. The van der Waals surface area contributed by atoms with Crippen molar-refractivity contribution in [2.75, 3.05) is 7.05 Å². The predicted octanol–water partition coefficient (Wildman–Crippen LogP) is 2.23. The van der Waals surface area contributed by atoms with Crippen molar-refractivity contribution in [2.24, 2.45) is 0 Å². The third kappa shape index (κ3) is 3.18. The molecule has 0 fully saturated rings. The fraction of sp³-hybridized carbons (Fsp3) is 0.250. The lowest BCUT2D eigenvalue weighted by atomic mass is 10.1. The normalized spacial score (nSPS) is 11.5. The van der Waals surface area contributed by atoms with Crippen molar-refractivity contribution in [3.05, 3.63) is 47.3 Å². The number of aromatic amines is 1. The number of carbonyl (C=O) groups is 1. The summed E-state index contributed by atoms with van der Waals surface area (Å²) < 4.78 is 51.7. The summed E-state index contributed by atoms with van der Waals surface area (Å²) in [5.74, 6) is -2.13. The zero-order valence-corrected chi connectivity index (χ0v) is 10.8. The van der Waals surface area contributed by atoms with Crippen molar-refractivity contribution in [1.29, 1.82) is 0 Å². The third-order valence-electron chi connectivity index (χ3n) is 2.73. The summed E-state index contributed by atoms with van der Waals surface area (Å²) in [6, 6.07) is 2.58. The first-order valence-electron chi connectivity index (χ1n) is 5.76. The van der Waals surface area contributed by atoms with Crippen LogP contribution in [0.4, 0.5) is 17.6 Å². The van der Waals surface area contributed by atoms with Gasteiger partial charge in [0.2, 0.25) is 0 Å². The Balaban J connectivity index is 2.27. The van der Waals surface area contributed by atoms with Gasteiger partial charge in [-0.3, -0.25) is 9.89 Å². The zero-order valence-electron chi connectivity index (χ0n) is 10.8. The minimum absolute atomic E-state index is 0.0332. The molecule has 1 heterocycles. The highest BCUT2D eigenvalue weighted by Crippen LogP contribution is 2.32. The van der Waals surface area contributed by atoms with Crippen LogP contribution in [0, 0.1) is 5.82 Å². The van der Waals surface area contributed by atoms with Crippen LogP contribution in [0.15, 0.2) is 24.5 Å². The second-order valence-electron chi connectivity index (χ2n) is 4.26. The number of alkyl halides is 3.